The van der Waals surface area contributed by atoms with Gasteiger partial charge < -0.3 is 4.90 Å². The number of likely N-dealkylation sites (tertiary alicyclic amines) is 1. The minimum Gasteiger partial charge on any atom is -0.323 e. The molecular formula is C15H16BrN3OS. The lowest BCUT2D eigenvalue weighted by Crippen LogP contribution is -2.27. The minimum atomic E-state index is -0.127. The second-order valence-corrected chi connectivity index (χ2v) is 7.19. The number of nitrogens with zero attached hydrogens (tertiary/aromatic N) is 3. The standard InChI is InChI=1S/C15H16BrN3OS/c1-11-10-19(13-6-4-5-12(16)9-13)15(21-11)17-14(20)18-7-2-3-8-18/h4-6,9-10H,2-3,7-8H2,1H3/b17-15-. The Labute approximate surface area is 135 Å². The van der Waals surface area contributed by atoms with Crippen molar-refractivity contribution in [2.45, 2.75) is 19.8 Å². The highest BCUT2D eigenvalue weighted by Crippen LogP contribution is 2.16. The Balaban J connectivity index is 2.01. The average Bonchev–Trinajstić information content (AvgIpc) is 3.08. The Kier molecular flexibility index (Phi) is 4.26. The molecule has 0 aliphatic carbocycles. The number of amides is 2. The quantitative estimate of drug-likeness (QED) is 0.758. The summed E-state index contributed by atoms with van der Waals surface area (Å²) < 4.78 is 2.98. The molecular weight excluding hydrogens is 350 g/mol. The fourth-order valence-corrected chi connectivity index (χ4v) is 3.62. The van der Waals surface area contributed by atoms with Crippen LogP contribution in [0.4, 0.5) is 4.79 Å². The van der Waals surface area contributed by atoms with Crippen LogP contribution in [0.15, 0.2) is 39.9 Å². The topological polar surface area (TPSA) is 37.6 Å². The van der Waals surface area contributed by atoms with E-state index in [1.807, 2.05) is 46.9 Å². The maximum atomic E-state index is 12.2. The molecule has 1 aromatic carbocycles. The molecule has 1 aliphatic heterocycles. The first-order chi connectivity index (χ1) is 10.1. The number of rotatable bonds is 1. The lowest BCUT2D eigenvalue weighted by molar-refractivity contribution is 0.218. The minimum absolute atomic E-state index is 0.127. The van der Waals surface area contributed by atoms with Crippen LogP contribution in [0.25, 0.3) is 5.69 Å². The van der Waals surface area contributed by atoms with Crippen LogP contribution >= 0.6 is 27.3 Å². The number of hydrogen-bond donors (Lipinski definition) is 0. The zero-order valence-electron chi connectivity index (χ0n) is 11.8. The van der Waals surface area contributed by atoms with Crippen LogP contribution < -0.4 is 4.80 Å². The molecule has 2 heterocycles. The lowest BCUT2D eigenvalue weighted by atomic mass is 10.3. The molecule has 1 saturated heterocycles. The van der Waals surface area contributed by atoms with E-state index in [1.54, 1.807) is 0 Å². The Morgan fingerprint density at radius 1 is 1.33 bits per heavy atom. The van der Waals surface area contributed by atoms with Gasteiger partial charge in [-0.05, 0) is 38.0 Å². The van der Waals surface area contributed by atoms with E-state index < -0.39 is 0 Å². The highest BCUT2D eigenvalue weighted by atomic mass is 79.9. The fourth-order valence-electron chi connectivity index (χ4n) is 2.41. The molecule has 3 rings (SSSR count). The SMILES string of the molecule is Cc1cn(-c2cccc(Br)c2)/c(=N/C(=O)N2CCCC2)s1. The summed E-state index contributed by atoms with van der Waals surface area (Å²) in [6, 6.07) is 7.86. The Hall–Kier alpha value is -1.40. The third-order valence-corrected chi connectivity index (χ3v) is 4.81. The summed E-state index contributed by atoms with van der Waals surface area (Å²) in [4.78, 5) is 20.2. The molecule has 1 fully saturated rings. The number of aromatic nitrogens is 1. The predicted octanol–water partition coefficient (Wildman–Crippen LogP) is 3.73. The van der Waals surface area contributed by atoms with Gasteiger partial charge in [0.25, 0.3) is 0 Å². The van der Waals surface area contributed by atoms with Crippen molar-refractivity contribution in [3.8, 4) is 5.69 Å². The van der Waals surface area contributed by atoms with E-state index in [0.29, 0.717) is 0 Å². The van der Waals surface area contributed by atoms with Gasteiger partial charge in [-0.1, -0.05) is 22.0 Å². The number of aryl methyl sites for hydroxylation is 1. The van der Waals surface area contributed by atoms with Gasteiger partial charge in [-0.2, -0.15) is 4.99 Å². The van der Waals surface area contributed by atoms with Crippen LogP contribution in [-0.4, -0.2) is 28.6 Å². The van der Waals surface area contributed by atoms with Crippen molar-refractivity contribution in [2.24, 2.45) is 4.99 Å². The largest absolute Gasteiger partial charge is 0.346 e. The van der Waals surface area contributed by atoms with Crippen molar-refractivity contribution in [3.05, 3.63) is 44.6 Å². The van der Waals surface area contributed by atoms with Crippen molar-refractivity contribution in [3.63, 3.8) is 0 Å². The molecule has 2 amide bonds. The van der Waals surface area contributed by atoms with Gasteiger partial charge in [-0.15, -0.1) is 11.3 Å². The zero-order valence-corrected chi connectivity index (χ0v) is 14.2. The lowest BCUT2D eigenvalue weighted by Gasteiger charge is -2.10. The first kappa shape index (κ1) is 14.5. The molecule has 0 unspecified atom stereocenters. The zero-order chi connectivity index (χ0) is 14.8. The second-order valence-electron chi connectivity index (χ2n) is 5.06. The van der Waals surface area contributed by atoms with E-state index in [-0.39, 0.29) is 6.03 Å². The summed E-state index contributed by atoms with van der Waals surface area (Å²) in [5.74, 6) is 0. The molecule has 0 N–H and O–H groups in total. The molecule has 0 spiro atoms. The van der Waals surface area contributed by atoms with Gasteiger partial charge in [-0.25, -0.2) is 4.79 Å². The van der Waals surface area contributed by atoms with Gasteiger partial charge in [-0.3, -0.25) is 4.57 Å². The van der Waals surface area contributed by atoms with Gasteiger partial charge in [0.05, 0.1) is 0 Å². The molecule has 110 valence electrons. The van der Waals surface area contributed by atoms with E-state index in [1.165, 1.54) is 11.3 Å². The summed E-state index contributed by atoms with van der Waals surface area (Å²) in [7, 11) is 0. The summed E-state index contributed by atoms with van der Waals surface area (Å²) >= 11 is 5.02. The van der Waals surface area contributed by atoms with Crippen LogP contribution in [0.2, 0.25) is 0 Å². The second kappa shape index (κ2) is 6.15. The molecule has 0 radical (unpaired) electrons. The van der Waals surface area contributed by atoms with Crippen LogP contribution in [0.5, 0.6) is 0 Å². The fraction of sp³-hybridized carbons (Fsp3) is 0.333. The number of carbonyl (C=O) groups is 1. The third-order valence-electron chi connectivity index (χ3n) is 3.42. The number of halogens is 1. The predicted molar refractivity (Wildman–Crippen MR) is 87.8 cm³/mol. The molecule has 0 atom stereocenters. The highest BCUT2D eigenvalue weighted by Gasteiger charge is 2.17. The van der Waals surface area contributed by atoms with Crippen LogP contribution in [0, 0.1) is 6.92 Å². The number of carbonyl (C=O) groups excluding carboxylic acids is 1. The van der Waals surface area contributed by atoms with E-state index in [4.69, 9.17) is 0 Å². The van der Waals surface area contributed by atoms with E-state index in [0.717, 1.165) is 45.8 Å². The van der Waals surface area contributed by atoms with Crippen LogP contribution in [0.3, 0.4) is 0 Å². The summed E-state index contributed by atoms with van der Waals surface area (Å²) in [5, 5.41) is 0. The average molecular weight is 366 g/mol. The smallest absolute Gasteiger partial charge is 0.323 e. The monoisotopic (exact) mass is 365 g/mol. The van der Waals surface area contributed by atoms with Crippen molar-refractivity contribution >= 4 is 33.3 Å². The van der Waals surface area contributed by atoms with Gasteiger partial charge in [0.2, 0.25) is 0 Å². The molecule has 21 heavy (non-hydrogen) atoms. The van der Waals surface area contributed by atoms with Gasteiger partial charge >= 0.3 is 6.03 Å². The van der Waals surface area contributed by atoms with Gasteiger partial charge in [0.1, 0.15) is 0 Å². The van der Waals surface area contributed by atoms with Crippen molar-refractivity contribution in [1.82, 2.24) is 9.47 Å². The first-order valence-corrected chi connectivity index (χ1v) is 8.53. The Bertz CT molecular complexity index is 729. The van der Waals surface area contributed by atoms with E-state index in [9.17, 15) is 4.79 Å². The van der Waals surface area contributed by atoms with Crippen molar-refractivity contribution in [2.75, 3.05) is 13.1 Å². The van der Waals surface area contributed by atoms with Crippen molar-refractivity contribution in [1.29, 1.82) is 0 Å². The van der Waals surface area contributed by atoms with Gasteiger partial charge in [0.15, 0.2) is 4.80 Å². The molecule has 1 aliphatic rings. The molecule has 0 saturated carbocycles. The normalized spacial score (nSPS) is 15.7. The molecule has 2 aromatic rings. The molecule has 1 aromatic heterocycles. The summed E-state index contributed by atoms with van der Waals surface area (Å²) in [6.07, 6.45) is 4.18. The van der Waals surface area contributed by atoms with E-state index >= 15 is 0 Å². The molecule has 0 bridgehead atoms. The summed E-state index contributed by atoms with van der Waals surface area (Å²) in [5.41, 5.74) is 1.00. The number of benzene rings is 1. The Morgan fingerprint density at radius 3 is 2.81 bits per heavy atom. The first-order valence-electron chi connectivity index (χ1n) is 6.92. The third kappa shape index (κ3) is 3.27. The number of thiazole rings is 1. The van der Waals surface area contributed by atoms with Gasteiger partial charge in [0, 0.05) is 34.3 Å². The van der Waals surface area contributed by atoms with Crippen LogP contribution in [-0.2, 0) is 0 Å². The maximum absolute atomic E-state index is 12.2. The van der Waals surface area contributed by atoms with Crippen molar-refractivity contribution < 1.29 is 4.79 Å². The van der Waals surface area contributed by atoms with Crippen LogP contribution in [0.1, 0.15) is 17.7 Å². The Morgan fingerprint density at radius 2 is 2.10 bits per heavy atom. The number of hydrogen-bond acceptors (Lipinski definition) is 2. The molecule has 6 heteroatoms. The van der Waals surface area contributed by atoms with E-state index in [2.05, 4.69) is 20.9 Å². The molecule has 4 nitrogen and oxygen atoms in total. The maximum Gasteiger partial charge on any atom is 0.346 e. The highest BCUT2D eigenvalue weighted by molar-refractivity contribution is 9.10. The number of urea groups is 1. The summed E-state index contributed by atoms with van der Waals surface area (Å²) in [6.45, 7) is 3.67.